The largest absolute Gasteiger partial charge is 0.316 e. The number of hydrogen-bond donors (Lipinski definition) is 2. The van der Waals surface area contributed by atoms with Gasteiger partial charge < -0.3 is 5.21 Å². The van der Waals surface area contributed by atoms with E-state index in [-0.39, 0.29) is 11.2 Å². The number of ketones is 1. The lowest BCUT2D eigenvalue weighted by molar-refractivity contribution is -0.118. The Bertz CT molecular complexity index is 327. The Morgan fingerprint density at radius 3 is 2.38 bits per heavy atom. The lowest BCUT2D eigenvalue weighted by Gasteiger charge is -2.33. The molecule has 92 valence electrons. The van der Waals surface area contributed by atoms with E-state index in [4.69, 9.17) is 5.21 Å². The summed E-state index contributed by atoms with van der Waals surface area (Å²) in [5.41, 5.74) is 3.98. The van der Waals surface area contributed by atoms with Crippen LogP contribution in [0.4, 0.5) is 0 Å². The van der Waals surface area contributed by atoms with Crippen molar-refractivity contribution in [3.8, 4) is 0 Å². The zero-order valence-electron chi connectivity index (χ0n) is 11.0. The van der Waals surface area contributed by atoms with Crippen LogP contribution in [0.5, 0.6) is 0 Å². The number of carbonyl (C=O) groups excluding carboxylic acids is 1. The van der Waals surface area contributed by atoms with E-state index in [2.05, 4.69) is 19.3 Å². The van der Waals surface area contributed by atoms with E-state index in [1.807, 2.05) is 20.8 Å². The maximum Gasteiger partial charge on any atom is 0.159 e. The summed E-state index contributed by atoms with van der Waals surface area (Å²) in [4.78, 5) is 12.0. The molecule has 0 fully saturated rings. The summed E-state index contributed by atoms with van der Waals surface area (Å²) in [6.45, 7) is 10.1. The summed E-state index contributed by atoms with van der Waals surface area (Å²) in [7, 11) is 0. The number of hydroxylamine groups is 1. The second kappa shape index (κ2) is 4.30. The molecule has 0 heterocycles. The Balaban J connectivity index is 2.92. The Morgan fingerprint density at radius 1 is 1.38 bits per heavy atom. The summed E-state index contributed by atoms with van der Waals surface area (Å²) in [6.07, 6.45) is 2.17. The molecule has 0 saturated heterocycles. The van der Waals surface area contributed by atoms with Gasteiger partial charge in [0.1, 0.15) is 0 Å². The first kappa shape index (κ1) is 13.4. The van der Waals surface area contributed by atoms with Crippen LogP contribution in [0.1, 0.15) is 53.9 Å². The molecule has 0 unspecified atom stereocenters. The van der Waals surface area contributed by atoms with Gasteiger partial charge in [-0.15, -0.1) is 0 Å². The molecular formula is C13H23NO2. The maximum absolute atomic E-state index is 12.0. The van der Waals surface area contributed by atoms with Gasteiger partial charge in [0.2, 0.25) is 0 Å². The van der Waals surface area contributed by atoms with Crippen LogP contribution in [0, 0.1) is 5.41 Å². The zero-order chi connectivity index (χ0) is 12.6. The fourth-order valence-electron chi connectivity index (χ4n) is 2.40. The smallest absolute Gasteiger partial charge is 0.159 e. The zero-order valence-corrected chi connectivity index (χ0v) is 11.0. The summed E-state index contributed by atoms with van der Waals surface area (Å²) in [5.74, 6) is 0.233. The van der Waals surface area contributed by atoms with Gasteiger partial charge in [0.25, 0.3) is 0 Å². The van der Waals surface area contributed by atoms with Crippen LogP contribution in [0.2, 0.25) is 0 Å². The normalized spacial score (nSPS) is 21.5. The third-order valence-electron chi connectivity index (χ3n) is 3.16. The molecule has 0 radical (unpaired) electrons. The van der Waals surface area contributed by atoms with Gasteiger partial charge in [-0.2, -0.15) is 5.48 Å². The van der Waals surface area contributed by atoms with Crippen LogP contribution in [-0.2, 0) is 4.79 Å². The van der Waals surface area contributed by atoms with Gasteiger partial charge >= 0.3 is 0 Å². The summed E-state index contributed by atoms with van der Waals surface area (Å²) in [5, 5.41) is 9.02. The quantitative estimate of drug-likeness (QED) is 0.726. The minimum absolute atomic E-state index is 0.0848. The second-order valence-electron chi connectivity index (χ2n) is 6.37. The van der Waals surface area contributed by atoms with E-state index in [0.29, 0.717) is 12.8 Å². The Morgan fingerprint density at radius 2 is 1.94 bits per heavy atom. The standard InChI is InChI=1S/C13H23NO2/c1-9-6-12(2,3)8-11(15)10(9)7-13(4,5)14-16/h14,16H,6-8H2,1-5H3. The van der Waals surface area contributed by atoms with Crippen molar-refractivity contribution in [1.82, 2.24) is 5.48 Å². The molecule has 1 aliphatic rings. The second-order valence-corrected chi connectivity index (χ2v) is 6.37. The molecule has 0 atom stereocenters. The lowest BCUT2D eigenvalue weighted by atomic mass is 9.72. The topological polar surface area (TPSA) is 49.3 Å². The lowest BCUT2D eigenvalue weighted by Crippen LogP contribution is -2.39. The predicted molar refractivity (Wildman–Crippen MR) is 64.3 cm³/mol. The van der Waals surface area contributed by atoms with Crippen molar-refractivity contribution < 1.29 is 10.0 Å². The van der Waals surface area contributed by atoms with Gasteiger partial charge in [-0.05, 0) is 44.6 Å². The molecule has 3 nitrogen and oxygen atoms in total. The Hall–Kier alpha value is -0.670. The average molecular weight is 225 g/mol. The molecule has 0 saturated carbocycles. The van der Waals surface area contributed by atoms with Crippen molar-refractivity contribution in [1.29, 1.82) is 0 Å². The van der Waals surface area contributed by atoms with Gasteiger partial charge in [0, 0.05) is 12.0 Å². The van der Waals surface area contributed by atoms with Crippen LogP contribution in [-0.4, -0.2) is 16.5 Å². The first-order chi connectivity index (χ1) is 7.17. The van der Waals surface area contributed by atoms with Crippen molar-refractivity contribution in [2.24, 2.45) is 5.41 Å². The molecule has 0 aromatic carbocycles. The first-order valence-corrected chi connectivity index (χ1v) is 5.80. The van der Waals surface area contributed by atoms with Gasteiger partial charge in [0.15, 0.2) is 5.78 Å². The van der Waals surface area contributed by atoms with Gasteiger partial charge in [-0.1, -0.05) is 19.4 Å². The highest BCUT2D eigenvalue weighted by Crippen LogP contribution is 2.38. The van der Waals surface area contributed by atoms with E-state index in [1.165, 1.54) is 5.57 Å². The fourth-order valence-corrected chi connectivity index (χ4v) is 2.40. The Kier molecular flexibility index (Phi) is 3.60. The highest BCUT2D eigenvalue weighted by molar-refractivity contribution is 5.97. The van der Waals surface area contributed by atoms with Crippen molar-refractivity contribution in [2.75, 3.05) is 0 Å². The molecule has 0 aromatic heterocycles. The van der Waals surface area contributed by atoms with Crippen molar-refractivity contribution in [3.05, 3.63) is 11.1 Å². The molecule has 16 heavy (non-hydrogen) atoms. The molecule has 2 N–H and O–H groups in total. The summed E-state index contributed by atoms with van der Waals surface area (Å²) in [6, 6.07) is 0. The minimum Gasteiger partial charge on any atom is -0.316 e. The van der Waals surface area contributed by atoms with Crippen LogP contribution in [0.25, 0.3) is 0 Å². The Labute approximate surface area is 97.9 Å². The van der Waals surface area contributed by atoms with Crippen LogP contribution in [0.15, 0.2) is 11.1 Å². The third-order valence-corrected chi connectivity index (χ3v) is 3.16. The monoisotopic (exact) mass is 225 g/mol. The molecular weight excluding hydrogens is 202 g/mol. The van der Waals surface area contributed by atoms with Gasteiger partial charge in [0.05, 0.1) is 0 Å². The van der Waals surface area contributed by atoms with Crippen LogP contribution in [0.3, 0.4) is 0 Å². The summed E-state index contributed by atoms with van der Waals surface area (Å²) < 4.78 is 0. The third kappa shape index (κ3) is 3.16. The van der Waals surface area contributed by atoms with E-state index in [1.54, 1.807) is 0 Å². The number of Topliss-reactive ketones (excluding diaryl/α,β-unsaturated/α-hetero) is 1. The number of rotatable bonds is 3. The van der Waals surface area contributed by atoms with Crippen LogP contribution < -0.4 is 5.48 Å². The van der Waals surface area contributed by atoms with Crippen molar-refractivity contribution in [3.63, 3.8) is 0 Å². The van der Waals surface area contributed by atoms with E-state index in [9.17, 15) is 4.79 Å². The number of allylic oxidation sites excluding steroid dienone is 1. The highest BCUT2D eigenvalue weighted by atomic mass is 16.5. The maximum atomic E-state index is 12.0. The van der Waals surface area contributed by atoms with E-state index < -0.39 is 5.54 Å². The predicted octanol–water partition coefficient (Wildman–Crippen LogP) is 2.84. The molecule has 3 heteroatoms. The molecule has 0 bridgehead atoms. The minimum atomic E-state index is -0.437. The van der Waals surface area contributed by atoms with Crippen molar-refractivity contribution >= 4 is 5.78 Å². The number of hydrogen-bond acceptors (Lipinski definition) is 3. The molecule has 1 aliphatic carbocycles. The number of nitrogens with one attached hydrogen (secondary N) is 1. The SMILES string of the molecule is CC1=C(CC(C)(C)NO)C(=O)CC(C)(C)C1. The fraction of sp³-hybridized carbons (Fsp3) is 0.769. The van der Waals surface area contributed by atoms with Crippen molar-refractivity contribution in [2.45, 2.75) is 59.4 Å². The molecule has 0 amide bonds. The molecule has 0 aromatic rings. The summed E-state index contributed by atoms with van der Waals surface area (Å²) >= 11 is 0. The van der Waals surface area contributed by atoms with E-state index >= 15 is 0 Å². The van der Waals surface area contributed by atoms with E-state index in [0.717, 1.165) is 12.0 Å². The van der Waals surface area contributed by atoms with Crippen LogP contribution >= 0.6 is 0 Å². The molecule has 0 spiro atoms. The molecule has 1 rings (SSSR count). The molecule has 0 aliphatic heterocycles. The first-order valence-electron chi connectivity index (χ1n) is 5.80. The van der Waals surface area contributed by atoms with Gasteiger partial charge in [-0.3, -0.25) is 4.79 Å². The average Bonchev–Trinajstić information content (AvgIpc) is 2.10. The number of carbonyl (C=O) groups is 1. The highest BCUT2D eigenvalue weighted by Gasteiger charge is 2.33. The van der Waals surface area contributed by atoms with Gasteiger partial charge in [-0.25, -0.2) is 0 Å².